The van der Waals surface area contributed by atoms with E-state index in [1.165, 1.54) is 0 Å². The van der Waals surface area contributed by atoms with E-state index >= 15 is 0 Å². The van der Waals surface area contributed by atoms with Gasteiger partial charge in [0.25, 0.3) is 0 Å². The monoisotopic (exact) mass is 235 g/mol. The molecule has 17 heavy (non-hydrogen) atoms. The van der Waals surface area contributed by atoms with Crippen molar-refractivity contribution in [2.75, 3.05) is 5.32 Å². The molecule has 0 aromatic carbocycles. The fraction of sp³-hybridized carbons (Fsp3) is 0.583. The smallest absolute Gasteiger partial charge is 0.329 e. The zero-order valence-corrected chi connectivity index (χ0v) is 9.89. The minimum absolute atomic E-state index is 0.393. The van der Waals surface area contributed by atoms with Gasteiger partial charge in [0.2, 0.25) is 5.95 Å². The van der Waals surface area contributed by atoms with Crippen molar-refractivity contribution in [2.24, 2.45) is 5.92 Å². The molecule has 0 saturated heterocycles. The van der Waals surface area contributed by atoms with Crippen LogP contribution in [0.2, 0.25) is 0 Å². The number of aromatic nitrogens is 2. The average molecular weight is 235 g/mol. The van der Waals surface area contributed by atoms with Crippen molar-refractivity contribution in [3.05, 3.63) is 18.5 Å². The third kappa shape index (κ3) is 2.54. The minimum atomic E-state index is -0.904. The summed E-state index contributed by atoms with van der Waals surface area (Å²) in [7, 11) is 0. The lowest BCUT2D eigenvalue weighted by atomic mass is 9.76. The summed E-state index contributed by atoms with van der Waals surface area (Å²) >= 11 is 0. The molecule has 0 bridgehead atoms. The maximum atomic E-state index is 11.5. The van der Waals surface area contributed by atoms with Crippen LogP contribution in [0.1, 0.15) is 32.6 Å². The first-order valence-electron chi connectivity index (χ1n) is 5.91. The molecule has 1 aromatic heterocycles. The summed E-state index contributed by atoms with van der Waals surface area (Å²) in [5, 5.41) is 12.5. The third-order valence-electron chi connectivity index (χ3n) is 3.32. The van der Waals surface area contributed by atoms with E-state index in [9.17, 15) is 9.90 Å². The lowest BCUT2D eigenvalue weighted by molar-refractivity contribution is -0.144. The van der Waals surface area contributed by atoms with Crippen LogP contribution >= 0.6 is 0 Å². The Morgan fingerprint density at radius 1 is 1.53 bits per heavy atom. The van der Waals surface area contributed by atoms with E-state index in [0.29, 0.717) is 24.7 Å². The van der Waals surface area contributed by atoms with Crippen molar-refractivity contribution in [2.45, 2.75) is 38.1 Å². The van der Waals surface area contributed by atoms with E-state index in [4.69, 9.17) is 0 Å². The normalized spacial score (nSPS) is 28.6. The molecule has 1 saturated carbocycles. The first kappa shape index (κ1) is 11.8. The molecule has 5 heteroatoms. The molecule has 2 N–H and O–H groups in total. The third-order valence-corrected chi connectivity index (χ3v) is 3.32. The highest BCUT2D eigenvalue weighted by molar-refractivity contribution is 5.82. The molecule has 1 fully saturated rings. The predicted molar refractivity (Wildman–Crippen MR) is 63.7 cm³/mol. The fourth-order valence-corrected chi connectivity index (χ4v) is 2.49. The molecule has 2 atom stereocenters. The van der Waals surface area contributed by atoms with E-state index in [1.54, 1.807) is 18.5 Å². The van der Waals surface area contributed by atoms with Crippen LogP contribution in [0.15, 0.2) is 18.5 Å². The average Bonchev–Trinajstić information content (AvgIpc) is 2.30. The van der Waals surface area contributed by atoms with Crippen LogP contribution in [-0.4, -0.2) is 26.6 Å². The van der Waals surface area contributed by atoms with Gasteiger partial charge in [-0.1, -0.05) is 19.8 Å². The zero-order valence-electron chi connectivity index (χ0n) is 9.89. The van der Waals surface area contributed by atoms with Crippen LogP contribution in [0.3, 0.4) is 0 Å². The Bertz CT molecular complexity index is 396. The van der Waals surface area contributed by atoms with Gasteiger partial charge in [0.15, 0.2) is 0 Å². The molecule has 0 amide bonds. The second-order valence-electron chi connectivity index (χ2n) is 4.79. The Balaban J connectivity index is 2.20. The number of carboxylic acids is 1. The van der Waals surface area contributed by atoms with Gasteiger partial charge in [0.1, 0.15) is 5.54 Å². The molecule has 92 valence electrons. The number of hydrogen-bond donors (Lipinski definition) is 2. The summed E-state index contributed by atoms with van der Waals surface area (Å²) in [6.45, 7) is 2.09. The van der Waals surface area contributed by atoms with Crippen LogP contribution in [0.5, 0.6) is 0 Å². The first-order valence-corrected chi connectivity index (χ1v) is 5.91. The molecule has 1 aliphatic rings. The second kappa shape index (κ2) is 4.69. The summed E-state index contributed by atoms with van der Waals surface area (Å²) in [5.74, 6) is -0.00318. The molecule has 1 aliphatic carbocycles. The van der Waals surface area contributed by atoms with Crippen molar-refractivity contribution in [1.29, 1.82) is 0 Å². The number of carbonyl (C=O) groups is 1. The van der Waals surface area contributed by atoms with E-state index in [-0.39, 0.29) is 0 Å². The highest BCUT2D eigenvalue weighted by atomic mass is 16.4. The van der Waals surface area contributed by atoms with Crippen LogP contribution in [0, 0.1) is 5.92 Å². The standard InChI is InChI=1S/C12H17N3O2/c1-9-4-2-5-12(8-9,10(16)17)15-11-13-6-3-7-14-11/h3,6-7,9H,2,4-5,8H2,1H3,(H,16,17)(H,13,14,15). The number of anilines is 1. The Morgan fingerprint density at radius 2 is 2.24 bits per heavy atom. The largest absolute Gasteiger partial charge is 0.480 e. The van der Waals surface area contributed by atoms with Crippen LogP contribution in [0.25, 0.3) is 0 Å². The molecule has 2 rings (SSSR count). The van der Waals surface area contributed by atoms with Gasteiger partial charge >= 0.3 is 5.97 Å². The van der Waals surface area contributed by atoms with Gasteiger partial charge in [-0.15, -0.1) is 0 Å². The number of rotatable bonds is 3. The van der Waals surface area contributed by atoms with Crippen LogP contribution in [0.4, 0.5) is 5.95 Å². The summed E-state index contributed by atoms with van der Waals surface area (Å²) in [5.41, 5.74) is -0.904. The van der Waals surface area contributed by atoms with Crippen molar-refractivity contribution in [3.8, 4) is 0 Å². The lowest BCUT2D eigenvalue weighted by Gasteiger charge is -2.36. The maximum Gasteiger partial charge on any atom is 0.329 e. The van der Waals surface area contributed by atoms with Gasteiger partial charge in [0.05, 0.1) is 0 Å². The molecule has 0 spiro atoms. The number of hydrogen-bond acceptors (Lipinski definition) is 4. The lowest BCUT2D eigenvalue weighted by Crippen LogP contribution is -2.50. The Labute approximate surface area is 100 Å². The minimum Gasteiger partial charge on any atom is -0.480 e. The van der Waals surface area contributed by atoms with Gasteiger partial charge in [-0.25, -0.2) is 14.8 Å². The molecule has 2 unspecified atom stereocenters. The molecular formula is C12H17N3O2. The Hall–Kier alpha value is -1.65. The molecule has 5 nitrogen and oxygen atoms in total. The van der Waals surface area contributed by atoms with Gasteiger partial charge in [-0.3, -0.25) is 0 Å². The van der Waals surface area contributed by atoms with E-state index in [2.05, 4.69) is 22.2 Å². The van der Waals surface area contributed by atoms with Gasteiger partial charge in [-0.2, -0.15) is 0 Å². The summed E-state index contributed by atoms with van der Waals surface area (Å²) in [6, 6.07) is 1.71. The SMILES string of the molecule is CC1CCCC(Nc2ncccn2)(C(=O)O)C1. The van der Waals surface area contributed by atoms with Crippen molar-refractivity contribution in [3.63, 3.8) is 0 Å². The molecule has 1 aromatic rings. The number of nitrogens with zero attached hydrogens (tertiary/aromatic N) is 2. The predicted octanol–water partition coefficient (Wildman–Crippen LogP) is 1.92. The fourth-order valence-electron chi connectivity index (χ4n) is 2.49. The van der Waals surface area contributed by atoms with E-state index in [0.717, 1.165) is 12.8 Å². The molecular weight excluding hydrogens is 218 g/mol. The van der Waals surface area contributed by atoms with Crippen molar-refractivity contribution in [1.82, 2.24) is 9.97 Å². The van der Waals surface area contributed by atoms with Crippen molar-refractivity contribution >= 4 is 11.9 Å². The summed E-state index contributed by atoms with van der Waals surface area (Å²) in [6.07, 6.45) is 6.49. The van der Waals surface area contributed by atoms with Gasteiger partial charge < -0.3 is 10.4 Å². The summed E-state index contributed by atoms with van der Waals surface area (Å²) < 4.78 is 0. The zero-order chi connectivity index (χ0) is 12.3. The highest BCUT2D eigenvalue weighted by Crippen LogP contribution is 2.34. The number of aliphatic carboxylic acids is 1. The Morgan fingerprint density at radius 3 is 2.82 bits per heavy atom. The second-order valence-corrected chi connectivity index (χ2v) is 4.79. The van der Waals surface area contributed by atoms with E-state index in [1.807, 2.05) is 0 Å². The molecule has 1 heterocycles. The van der Waals surface area contributed by atoms with Crippen molar-refractivity contribution < 1.29 is 9.90 Å². The van der Waals surface area contributed by atoms with Crippen LogP contribution in [-0.2, 0) is 4.79 Å². The highest BCUT2D eigenvalue weighted by Gasteiger charge is 2.42. The van der Waals surface area contributed by atoms with E-state index < -0.39 is 11.5 Å². The van der Waals surface area contributed by atoms with Gasteiger partial charge in [-0.05, 0) is 24.8 Å². The number of carboxylic acid groups (broad SMARTS) is 1. The summed E-state index contributed by atoms with van der Waals surface area (Å²) in [4.78, 5) is 19.6. The maximum absolute atomic E-state index is 11.5. The molecule has 0 aliphatic heterocycles. The van der Waals surface area contributed by atoms with Gasteiger partial charge in [0, 0.05) is 12.4 Å². The first-order chi connectivity index (χ1) is 8.12. The Kier molecular flexibility index (Phi) is 3.26. The topological polar surface area (TPSA) is 75.1 Å². The molecule has 0 radical (unpaired) electrons. The quantitative estimate of drug-likeness (QED) is 0.837. The number of nitrogens with one attached hydrogen (secondary N) is 1. The van der Waals surface area contributed by atoms with Crippen LogP contribution < -0.4 is 5.32 Å².